The molecular weight excluding hydrogens is 154 g/mol. The van der Waals surface area contributed by atoms with E-state index in [0.29, 0.717) is 6.54 Å². The van der Waals surface area contributed by atoms with Gasteiger partial charge in [-0.2, -0.15) is 5.10 Å². The number of primary amides is 1. The van der Waals surface area contributed by atoms with Gasteiger partial charge in [0, 0.05) is 5.69 Å². The molecule has 4 nitrogen and oxygen atoms in total. The third kappa shape index (κ3) is 2.08. The maximum absolute atomic E-state index is 10.4. The Bertz CT molecular complexity index is 290. The fraction of sp³-hybridized carbons (Fsp3) is 0.375. The van der Waals surface area contributed by atoms with Crippen LogP contribution in [0.25, 0.3) is 0 Å². The number of hydrogen-bond donors (Lipinski definition) is 1. The second-order valence-electron chi connectivity index (χ2n) is 2.72. The second kappa shape index (κ2) is 3.38. The van der Waals surface area contributed by atoms with Gasteiger partial charge in [-0.3, -0.25) is 9.48 Å². The van der Waals surface area contributed by atoms with E-state index in [2.05, 4.69) is 5.10 Å². The van der Waals surface area contributed by atoms with Crippen LogP contribution in [-0.2, 0) is 11.3 Å². The van der Waals surface area contributed by atoms with Crippen molar-refractivity contribution in [2.75, 3.05) is 0 Å². The molecule has 1 aromatic rings. The van der Waals surface area contributed by atoms with Crippen LogP contribution in [-0.4, -0.2) is 15.7 Å². The van der Waals surface area contributed by atoms with E-state index in [9.17, 15) is 4.79 Å². The Morgan fingerprint density at radius 3 is 2.83 bits per heavy atom. The van der Waals surface area contributed by atoms with E-state index in [0.717, 1.165) is 11.4 Å². The van der Waals surface area contributed by atoms with Crippen LogP contribution in [0.5, 0.6) is 0 Å². The third-order valence-electron chi connectivity index (χ3n) is 1.57. The normalized spacial score (nSPS) is 10.2. The van der Waals surface area contributed by atoms with E-state index in [4.69, 9.17) is 5.73 Å². The predicted octanol–water partition coefficient (Wildman–Crippen LogP) is 0.190. The largest absolute Gasteiger partial charge is 0.369 e. The van der Waals surface area contributed by atoms with Gasteiger partial charge in [-0.25, -0.2) is 0 Å². The molecule has 0 saturated heterocycles. The molecule has 1 heterocycles. The average molecular weight is 166 g/mol. The highest BCUT2D eigenvalue weighted by Crippen LogP contribution is 2.01. The highest BCUT2D eigenvalue weighted by atomic mass is 16.1. The summed E-state index contributed by atoms with van der Waals surface area (Å²) in [6.45, 7) is 4.30. The van der Waals surface area contributed by atoms with Gasteiger partial charge in [-0.1, -0.05) is 0 Å². The van der Waals surface area contributed by atoms with Gasteiger partial charge >= 0.3 is 0 Å². The summed E-state index contributed by atoms with van der Waals surface area (Å²) in [6.07, 6.45) is 1.40. The van der Waals surface area contributed by atoms with E-state index >= 15 is 0 Å². The Morgan fingerprint density at radius 1 is 1.75 bits per heavy atom. The topological polar surface area (TPSA) is 60.9 Å². The molecule has 65 valence electrons. The van der Waals surface area contributed by atoms with Crippen LogP contribution in [0.4, 0.5) is 0 Å². The number of carbonyl (C=O) groups excluding carboxylic acids is 1. The molecule has 0 aliphatic rings. The number of rotatable bonds is 3. The van der Waals surface area contributed by atoms with E-state index in [1.807, 2.05) is 19.9 Å². The van der Waals surface area contributed by atoms with Crippen molar-refractivity contribution in [2.45, 2.75) is 20.4 Å². The lowest BCUT2D eigenvalue weighted by molar-refractivity contribution is -0.115. The summed E-state index contributed by atoms with van der Waals surface area (Å²) in [5, 5.41) is 4.16. The summed E-state index contributed by atoms with van der Waals surface area (Å²) < 4.78 is 1.74. The van der Waals surface area contributed by atoms with E-state index in [1.165, 1.54) is 6.42 Å². The molecular formula is C8H12N3O. The van der Waals surface area contributed by atoms with Crippen LogP contribution in [0.2, 0.25) is 0 Å². The molecule has 0 fully saturated rings. The summed E-state index contributed by atoms with van der Waals surface area (Å²) in [6, 6.07) is 1.95. The van der Waals surface area contributed by atoms with E-state index < -0.39 is 5.91 Å². The lowest BCUT2D eigenvalue weighted by Gasteiger charge is -2.00. The summed E-state index contributed by atoms with van der Waals surface area (Å²) in [4.78, 5) is 10.4. The van der Waals surface area contributed by atoms with E-state index in [1.54, 1.807) is 4.68 Å². The van der Waals surface area contributed by atoms with Crippen LogP contribution in [0.1, 0.15) is 11.4 Å². The number of aromatic nitrogens is 2. The molecule has 4 heteroatoms. The first-order valence-corrected chi connectivity index (χ1v) is 3.73. The van der Waals surface area contributed by atoms with Crippen molar-refractivity contribution in [3.8, 4) is 0 Å². The Balaban J connectivity index is 2.62. The number of nitrogens with two attached hydrogens (primary N) is 1. The standard InChI is InChI=1S/C8H12N3O/c1-6-5-7(2)11(10-6)4-3-8(9)12/h3,5H,4H2,1-2H3,(H2,9,12). The van der Waals surface area contributed by atoms with Gasteiger partial charge in [0.05, 0.1) is 18.7 Å². The molecule has 0 aliphatic heterocycles. The maximum atomic E-state index is 10.4. The summed E-state index contributed by atoms with van der Waals surface area (Å²) >= 11 is 0. The van der Waals surface area contributed by atoms with Gasteiger partial charge in [-0.05, 0) is 19.9 Å². The van der Waals surface area contributed by atoms with Crippen LogP contribution >= 0.6 is 0 Å². The van der Waals surface area contributed by atoms with Gasteiger partial charge in [0.1, 0.15) is 0 Å². The van der Waals surface area contributed by atoms with Gasteiger partial charge in [-0.15, -0.1) is 0 Å². The molecule has 0 spiro atoms. The van der Waals surface area contributed by atoms with Gasteiger partial charge < -0.3 is 5.73 Å². The molecule has 0 unspecified atom stereocenters. The van der Waals surface area contributed by atoms with Crippen molar-refractivity contribution < 1.29 is 4.79 Å². The summed E-state index contributed by atoms with van der Waals surface area (Å²) in [5.74, 6) is -0.414. The first-order chi connectivity index (χ1) is 5.59. The molecule has 2 N–H and O–H groups in total. The van der Waals surface area contributed by atoms with E-state index in [-0.39, 0.29) is 0 Å². The smallest absolute Gasteiger partial charge is 0.223 e. The monoisotopic (exact) mass is 166 g/mol. The SMILES string of the molecule is Cc1cc(C)n(C[CH]C(N)=O)n1. The maximum Gasteiger partial charge on any atom is 0.223 e. The van der Waals surface area contributed by atoms with Crippen LogP contribution in [0, 0.1) is 20.3 Å². The fourth-order valence-electron chi connectivity index (χ4n) is 1.04. The Hall–Kier alpha value is -1.32. The van der Waals surface area contributed by atoms with Crippen LogP contribution < -0.4 is 5.73 Å². The molecule has 1 aromatic heterocycles. The Labute approximate surface area is 71.4 Å². The van der Waals surface area contributed by atoms with Gasteiger partial charge in [0.2, 0.25) is 5.91 Å². The first kappa shape index (κ1) is 8.77. The number of hydrogen-bond acceptors (Lipinski definition) is 2. The highest BCUT2D eigenvalue weighted by Gasteiger charge is 2.01. The van der Waals surface area contributed by atoms with Crippen molar-refractivity contribution in [1.29, 1.82) is 0 Å². The molecule has 1 radical (unpaired) electrons. The Kier molecular flexibility index (Phi) is 2.47. The molecule has 0 aliphatic carbocycles. The van der Waals surface area contributed by atoms with Crippen molar-refractivity contribution in [1.82, 2.24) is 9.78 Å². The number of aryl methyl sites for hydroxylation is 2. The zero-order valence-electron chi connectivity index (χ0n) is 7.24. The van der Waals surface area contributed by atoms with Crippen molar-refractivity contribution in [2.24, 2.45) is 5.73 Å². The lowest BCUT2D eigenvalue weighted by atomic mass is 10.4. The lowest BCUT2D eigenvalue weighted by Crippen LogP contribution is -2.16. The molecule has 0 aromatic carbocycles. The first-order valence-electron chi connectivity index (χ1n) is 3.73. The summed E-state index contributed by atoms with van der Waals surface area (Å²) in [7, 11) is 0. The van der Waals surface area contributed by atoms with Crippen molar-refractivity contribution in [3.05, 3.63) is 23.9 Å². The Morgan fingerprint density at radius 2 is 2.42 bits per heavy atom. The zero-order chi connectivity index (χ0) is 9.14. The fourth-order valence-corrected chi connectivity index (χ4v) is 1.04. The molecule has 1 amide bonds. The molecule has 0 saturated carbocycles. The number of nitrogens with zero attached hydrogens (tertiary/aromatic N) is 2. The number of amides is 1. The molecule has 1 rings (SSSR count). The minimum Gasteiger partial charge on any atom is -0.369 e. The minimum atomic E-state index is -0.414. The average Bonchev–Trinajstić information content (AvgIpc) is 2.26. The highest BCUT2D eigenvalue weighted by molar-refractivity contribution is 5.82. The number of carbonyl (C=O) groups is 1. The quantitative estimate of drug-likeness (QED) is 0.696. The molecule has 0 atom stereocenters. The molecule has 0 bridgehead atoms. The minimum absolute atomic E-state index is 0.414. The van der Waals surface area contributed by atoms with Crippen molar-refractivity contribution >= 4 is 5.91 Å². The molecule has 12 heavy (non-hydrogen) atoms. The predicted molar refractivity (Wildman–Crippen MR) is 45.2 cm³/mol. The summed E-state index contributed by atoms with van der Waals surface area (Å²) in [5.41, 5.74) is 6.94. The van der Waals surface area contributed by atoms with Gasteiger partial charge in [0.25, 0.3) is 0 Å². The van der Waals surface area contributed by atoms with Gasteiger partial charge in [0.15, 0.2) is 0 Å². The van der Waals surface area contributed by atoms with Crippen LogP contribution in [0.15, 0.2) is 6.07 Å². The third-order valence-corrected chi connectivity index (χ3v) is 1.57. The second-order valence-corrected chi connectivity index (χ2v) is 2.72. The van der Waals surface area contributed by atoms with Crippen LogP contribution in [0.3, 0.4) is 0 Å². The zero-order valence-corrected chi connectivity index (χ0v) is 7.24. The van der Waals surface area contributed by atoms with Crippen molar-refractivity contribution in [3.63, 3.8) is 0 Å².